The molecule has 1 aromatic carbocycles. The Morgan fingerprint density at radius 2 is 1.93 bits per heavy atom. The van der Waals surface area contributed by atoms with E-state index in [4.69, 9.17) is 10.3 Å². The first-order chi connectivity index (χ1) is 6.86. The Bertz CT molecular complexity index is 506. The fraction of sp³-hybridized carbons (Fsp3) is 0.125. The van der Waals surface area contributed by atoms with Gasteiger partial charge in [-0.1, -0.05) is 12.1 Å². The summed E-state index contributed by atoms with van der Waals surface area (Å²) in [6, 6.07) is 7.74. The van der Waals surface area contributed by atoms with Crippen LogP contribution in [0, 0.1) is 0 Å². The predicted octanol–water partition coefficient (Wildman–Crippen LogP) is 0.649. The van der Waals surface area contributed by atoms with Gasteiger partial charge in [0.25, 0.3) is 10.1 Å². The molecule has 0 atom stereocenters. The Hall–Kier alpha value is -1.60. The van der Waals surface area contributed by atoms with Crippen molar-refractivity contribution in [2.45, 2.75) is 0 Å². The van der Waals surface area contributed by atoms with E-state index >= 15 is 0 Å². The third kappa shape index (κ3) is 4.43. The lowest BCUT2D eigenvalue weighted by Gasteiger charge is -1.81. The molecule has 2 rings (SSSR count). The highest BCUT2D eigenvalue weighted by Gasteiger charge is 1.94. The van der Waals surface area contributed by atoms with Gasteiger partial charge >= 0.3 is 0 Å². The molecule has 1 aromatic heterocycles. The number of imidazole rings is 1. The third-order valence-corrected chi connectivity index (χ3v) is 1.41. The van der Waals surface area contributed by atoms with E-state index in [1.54, 1.807) is 0 Å². The second kappa shape index (κ2) is 4.28. The van der Waals surface area contributed by atoms with Gasteiger partial charge < -0.3 is 10.7 Å². The molecule has 2 aromatic rings. The molecule has 82 valence electrons. The summed E-state index contributed by atoms with van der Waals surface area (Å²) in [5.74, 6) is 0.473. The first kappa shape index (κ1) is 11.5. The molecule has 6 nitrogen and oxygen atoms in total. The Balaban J connectivity index is 0.000000195. The molecule has 1 heterocycles. The Morgan fingerprint density at radius 3 is 2.47 bits per heavy atom. The lowest BCUT2D eigenvalue weighted by molar-refractivity contribution is 0.490. The fourth-order valence-electron chi connectivity index (χ4n) is 0.973. The number of anilines is 1. The first-order valence-corrected chi connectivity index (χ1v) is 5.84. The number of rotatable bonds is 0. The van der Waals surface area contributed by atoms with Gasteiger partial charge in [-0.3, -0.25) is 4.55 Å². The molecule has 7 heteroatoms. The zero-order valence-corrected chi connectivity index (χ0v) is 8.82. The number of nitrogens with two attached hydrogens (primary N) is 1. The number of nitrogens with one attached hydrogen (secondary N) is 1. The van der Waals surface area contributed by atoms with Crippen molar-refractivity contribution in [3.63, 3.8) is 0 Å². The Morgan fingerprint density at radius 1 is 1.40 bits per heavy atom. The minimum absolute atomic E-state index is 0.473. The van der Waals surface area contributed by atoms with E-state index in [1.807, 2.05) is 24.3 Å². The Kier molecular flexibility index (Phi) is 3.28. The summed E-state index contributed by atoms with van der Waals surface area (Å²) < 4.78 is 25.9. The summed E-state index contributed by atoms with van der Waals surface area (Å²) in [6.07, 6.45) is 0.715. The van der Waals surface area contributed by atoms with Crippen LogP contribution in [0.5, 0.6) is 0 Å². The van der Waals surface area contributed by atoms with E-state index < -0.39 is 10.1 Å². The summed E-state index contributed by atoms with van der Waals surface area (Å²) in [5, 5.41) is 0. The monoisotopic (exact) mass is 229 g/mol. The molecular formula is C8H11N3O3S. The topological polar surface area (TPSA) is 109 Å². The van der Waals surface area contributed by atoms with Gasteiger partial charge in [0.05, 0.1) is 17.3 Å². The second-order valence-electron chi connectivity index (χ2n) is 2.87. The van der Waals surface area contributed by atoms with Crippen molar-refractivity contribution in [1.82, 2.24) is 9.97 Å². The standard InChI is InChI=1S/C7H7N3.CH4O3S/c8-7-9-5-3-1-2-4-6(5)10-7;1-5(2,3)4/h1-4H,(H3,8,9,10);1H3,(H,2,3,4). The highest BCUT2D eigenvalue weighted by Crippen LogP contribution is 2.10. The van der Waals surface area contributed by atoms with Gasteiger partial charge in [-0.15, -0.1) is 0 Å². The van der Waals surface area contributed by atoms with Gasteiger partial charge in [0, 0.05) is 0 Å². The van der Waals surface area contributed by atoms with Gasteiger partial charge in [0.2, 0.25) is 0 Å². The number of nitrogen functional groups attached to an aromatic ring is 1. The SMILES string of the molecule is CS(=O)(=O)O.Nc1nc2ccccc2[nH]1. The summed E-state index contributed by atoms with van der Waals surface area (Å²) in [5.41, 5.74) is 7.33. The highest BCUT2D eigenvalue weighted by molar-refractivity contribution is 7.85. The van der Waals surface area contributed by atoms with E-state index in [0.717, 1.165) is 11.0 Å². The lowest BCUT2D eigenvalue weighted by Crippen LogP contribution is -1.88. The van der Waals surface area contributed by atoms with Gasteiger partial charge in [0.1, 0.15) is 0 Å². The molecule has 0 unspecified atom stereocenters. The average Bonchev–Trinajstić information content (AvgIpc) is 2.40. The molecule has 0 amide bonds. The highest BCUT2D eigenvalue weighted by atomic mass is 32.2. The fourth-order valence-corrected chi connectivity index (χ4v) is 0.973. The number of fused-ring (bicyclic) bond motifs is 1. The molecule has 0 fully saturated rings. The second-order valence-corrected chi connectivity index (χ2v) is 4.34. The van der Waals surface area contributed by atoms with Gasteiger partial charge in [-0.25, -0.2) is 4.98 Å². The van der Waals surface area contributed by atoms with Crippen LogP contribution in [0.2, 0.25) is 0 Å². The molecule has 0 radical (unpaired) electrons. The van der Waals surface area contributed by atoms with Gasteiger partial charge in [-0.05, 0) is 12.1 Å². The molecule has 0 saturated heterocycles. The van der Waals surface area contributed by atoms with E-state index in [9.17, 15) is 8.42 Å². The molecule has 0 saturated carbocycles. The van der Waals surface area contributed by atoms with Crippen LogP contribution in [0.25, 0.3) is 11.0 Å². The molecule has 0 aliphatic carbocycles. The first-order valence-electron chi connectivity index (χ1n) is 3.99. The van der Waals surface area contributed by atoms with Crippen molar-refractivity contribution in [2.75, 3.05) is 12.0 Å². The summed E-state index contributed by atoms with van der Waals surface area (Å²) in [4.78, 5) is 6.96. The van der Waals surface area contributed by atoms with Crippen LogP contribution in [0.4, 0.5) is 5.95 Å². The number of hydrogen-bond acceptors (Lipinski definition) is 4. The zero-order valence-electron chi connectivity index (χ0n) is 8.01. The summed E-state index contributed by atoms with van der Waals surface area (Å²) >= 11 is 0. The smallest absolute Gasteiger partial charge is 0.261 e. The number of aromatic amines is 1. The summed E-state index contributed by atoms with van der Waals surface area (Å²) in [6.45, 7) is 0. The lowest BCUT2D eigenvalue weighted by atomic mass is 10.3. The number of aromatic nitrogens is 2. The number of hydrogen-bond donors (Lipinski definition) is 3. The maximum absolute atomic E-state index is 9.19. The molecule has 0 bridgehead atoms. The minimum atomic E-state index is -3.67. The van der Waals surface area contributed by atoms with Crippen LogP contribution < -0.4 is 5.73 Å². The van der Waals surface area contributed by atoms with Crippen LogP contribution in [0.15, 0.2) is 24.3 Å². The Labute approximate surface area is 86.9 Å². The maximum Gasteiger partial charge on any atom is 0.261 e. The van der Waals surface area contributed by atoms with Crippen molar-refractivity contribution in [1.29, 1.82) is 0 Å². The van der Waals surface area contributed by atoms with Crippen LogP contribution in [-0.4, -0.2) is 29.2 Å². The van der Waals surface area contributed by atoms with Crippen molar-refractivity contribution < 1.29 is 13.0 Å². The molecular weight excluding hydrogens is 218 g/mol. The molecule has 0 aliphatic rings. The molecule has 4 N–H and O–H groups in total. The van der Waals surface area contributed by atoms with Gasteiger partial charge in [-0.2, -0.15) is 8.42 Å². The van der Waals surface area contributed by atoms with E-state index in [2.05, 4.69) is 9.97 Å². The third-order valence-electron chi connectivity index (χ3n) is 1.41. The van der Waals surface area contributed by atoms with E-state index in [0.29, 0.717) is 12.2 Å². The van der Waals surface area contributed by atoms with E-state index in [-0.39, 0.29) is 0 Å². The van der Waals surface area contributed by atoms with Crippen molar-refractivity contribution in [2.24, 2.45) is 0 Å². The van der Waals surface area contributed by atoms with Crippen LogP contribution in [-0.2, 0) is 10.1 Å². The average molecular weight is 229 g/mol. The molecule has 0 aliphatic heterocycles. The summed E-state index contributed by atoms with van der Waals surface area (Å²) in [7, 11) is -3.67. The predicted molar refractivity (Wildman–Crippen MR) is 58.0 cm³/mol. The largest absolute Gasteiger partial charge is 0.369 e. The molecule has 15 heavy (non-hydrogen) atoms. The van der Waals surface area contributed by atoms with Crippen molar-refractivity contribution in [3.8, 4) is 0 Å². The molecule has 0 spiro atoms. The number of benzene rings is 1. The van der Waals surface area contributed by atoms with Crippen LogP contribution in [0.1, 0.15) is 0 Å². The van der Waals surface area contributed by atoms with Crippen LogP contribution in [0.3, 0.4) is 0 Å². The van der Waals surface area contributed by atoms with E-state index in [1.165, 1.54) is 0 Å². The number of nitrogens with zero attached hydrogens (tertiary/aromatic N) is 1. The van der Waals surface area contributed by atoms with Crippen LogP contribution >= 0.6 is 0 Å². The van der Waals surface area contributed by atoms with Crippen molar-refractivity contribution >= 4 is 27.1 Å². The normalized spacial score (nSPS) is 10.8. The number of para-hydroxylation sites is 2. The zero-order chi connectivity index (χ0) is 11.5. The maximum atomic E-state index is 9.19. The quantitative estimate of drug-likeness (QED) is 0.574. The number of H-pyrrole nitrogens is 1. The van der Waals surface area contributed by atoms with Gasteiger partial charge in [0.15, 0.2) is 5.95 Å². The minimum Gasteiger partial charge on any atom is -0.369 e. The van der Waals surface area contributed by atoms with Crippen molar-refractivity contribution in [3.05, 3.63) is 24.3 Å².